The molecule has 382 valence electrons. The van der Waals surface area contributed by atoms with Crippen molar-refractivity contribution in [3.8, 4) is 11.5 Å². The first-order valence-corrected chi connectivity index (χ1v) is 24.0. The highest BCUT2D eigenvalue weighted by molar-refractivity contribution is 6.37. The number of morpholine rings is 2. The third-order valence-corrected chi connectivity index (χ3v) is 12.8. The van der Waals surface area contributed by atoms with Gasteiger partial charge in [0.2, 0.25) is 0 Å². The van der Waals surface area contributed by atoms with Crippen LogP contribution >= 0.6 is 23.2 Å². The lowest BCUT2D eigenvalue weighted by Gasteiger charge is -2.32. The van der Waals surface area contributed by atoms with Crippen molar-refractivity contribution in [1.29, 1.82) is 0 Å². The Balaban J connectivity index is 0.000000211. The fraction of sp³-hybridized carbons (Fsp3) is 0.380. The number of benzene rings is 4. The van der Waals surface area contributed by atoms with E-state index in [1.807, 2.05) is 17.0 Å². The summed E-state index contributed by atoms with van der Waals surface area (Å²) < 4.78 is 50.9. The molecular formula is C50H57Cl2F2N11O7. The third kappa shape index (κ3) is 14.0. The Morgan fingerprint density at radius 2 is 1.28 bits per heavy atom. The van der Waals surface area contributed by atoms with Crippen molar-refractivity contribution < 1.29 is 42.4 Å². The summed E-state index contributed by atoms with van der Waals surface area (Å²) in [5.74, 6) is -0.381. The van der Waals surface area contributed by atoms with Gasteiger partial charge in [-0.05, 0) is 50.2 Å². The molecule has 18 nitrogen and oxygen atoms in total. The zero-order chi connectivity index (χ0) is 51.1. The molecule has 72 heavy (non-hydrogen) atoms. The predicted octanol–water partition coefficient (Wildman–Crippen LogP) is 7.37. The van der Waals surface area contributed by atoms with Crippen molar-refractivity contribution in [2.24, 2.45) is 4.99 Å². The second-order valence-corrected chi connectivity index (χ2v) is 17.6. The third-order valence-electron chi connectivity index (χ3n) is 12.2. The number of carbonyl (C=O) groups excluding carboxylic acids is 1. The molecule has 4 heterocycles. The Morgan fingerprint density at radius 1 is 0.778 bits per heavy atom. The van der Waals surface area contributed by atoms with Crippen LogP contribution in [0.4, 0.5) is 31.8 Å². The normalized spacial score (nSPS) is 14.9. The molecule has 8 rings (SSSR count). The van der Waals surface area contributed by atoms with Gasteiger partial charge in [-0.15, -0.1) is 0 Å². The van der Waals surface area contributed by atoms with Crippen LogP contribution in [0.25, 0.3) is 21.8 Å². The van der Waals surface area contributed by atoms with Gasteiger partial charge in [-0.25, -0.2) is 28.7 Å². The fourth-order valence-corrected chi connectivity index (χ4v) is 8.34. The standard InChI is InChI=1S/C25H28ClFN6O3.C25H29ClFN5O4/c1-16(28-6-7-33-8-10-36-11-9-33)25(34)29-14-17-12-18-21(13-22(17)35-2)30-15-31-24(18)32-20-5-3-4-19(26)23(20)27;1-16(25(33)34)32(7-6-31-8-10-36-11-9-31)14-17-12-18-21(13-22(17)35-2)28-15-29-24(18)30-20-5-3-4-19(26)23(20)27/h3-5,12-13,15H,6-11,14H2,1-2H3,(H,29,34)(H,30,31,32);3-5,12-13,15-16H,6-11,14H2,1-2H3,(H,33,34)(H,28,29,30)/t;16-/m.0/s1. The summed E-state index contributed by atoms with van der Waals surface area (Å²) in [6.45, 7) is 12.7. The zero-order valence-electron chi connectivity index (χ0n) is 40.4. The van der Waals surface area contributed by atoms with Crippen molar-refractivity contribution in [1.82, 2.24) is 40.0 Å². The molecule has 4 aromatic carbocycles. The quantitative estimate of drug-likeness (QED) is 0.0586. The Morgan fingerprint density at radius 3 is 1.79 bits per heavy atom. The molecule has 4 N–H and O–H groups in total. The molecule has 0 bridgehead atoms. The lowest BCUT2D eigenvalue weighted by atomic mass is 10.1. The topological polar surface area (TPSA) is 201 Å². The van der Waals surface area contributed by atoms with Gasteiger partial charge in [0.05, 0.1) is 85.4 Å². The summed E-state index contributed by atoms with van der Waals surface area (Å²) in [5.41, 5.74) is 3.46. The Bertz CT molecular complexity index is 2870. The van der Waals surface area contributed by atoms with E-state index in [0.29, 0.717) is 89.1 Å². The molecule has 1 atom stereocenters. The second kappa shape index (κ2) is 25.8. The molecule has 0 saturated carbocycles. The average Bonchev–Trinajstić information content (AvgIpc) is 3.39. The van der Waals surface area contributed by atoms with E-state index in [9.17, 15) is 23.5 Å². The highest BCUT2D eigenvalue weighted by Crippen LogP contribution is 2.34. The van der Waals surface area contributed by atoms with E-state index >= 15 is 0 Å². The maximum Gasteiger partial charge on any atom is 0.320 e. The first-order valence-electron chi connectivity index (χ1n) is 23.2. The van der Waals surface area contributed by atoms with Crippen LogP contribution in [0.15, 0.2) is 78.3 Å². The first kappa shape index (κ1) is 53.4. The molecular weight excluding hydrogens is 976 g/mol. The van der Waals surface area contributed by atoms with E-state index in [1.165, 1.54) is 24.8 Å². The van der Waals surface area contributed by atoms with Crippen molar-refractivity contribution in [3.63, 3.8) is 0 Å². The van der Waals surface area contributed by atoms with Gasteiger partial charge in [-0.1, -0.05) is 35.3 Å². The highest BCUT2D eigenvalue weighted by atomic mass is 35.5. The van der Waals surface area contributed by atoms with Gasteiger partial charge in [-0.3, -0.25) is 29.3 Å². The SMILES string of the molecule is COc1cc2ncnc(Nc3cccc(Cl)c3F)c2cc1CN(CCN1CCOCC1)[C@@H](C)C(=O)O.COc1cc2ncnc(Nc3cccc(Cl)c3F)c2cc1CNC(=O)C(C)=NCCN1CCOCC1. The molecule has 0 aliphatic carbocycles. The molecule has 2 aliphatic heterocycles. The summed E-state index contributed by atoms with van der Waals surface area (Å²) in [6, 6.07) is 15.9. The lowest BCUT2D eigenvalue weighted by Crippen LogP contribution is -2.45. The number of halogens is 4. The lowest BCUT2D eigenvalue weighted by molar-refractivity contribution is -0.143. The van der Waals surface area contributed by atoms with Crippen molar-refractivity contribution >= 4 is 85.6 Å². The van der Waals surface area contributed by atoms with Gasteiger partial charge in [0, 0.05) is 92.9 Å². The Kier molecular flexibility index (Phi) is 19.2. The Labute approximate surface area is 425 Å². The number of anilines is 4. The van der Waals surface area contributed by atoms with Crippen LogP contribution in [0.5, 0.6) is 11.5 Å². The van der Waals surface area contributed by atoms with E-state index < -0.39 is 23.6 Å². The van der Waals surface area contributed by atoms with E-state index in [4.69, 9.17) is 42.1 Å². The van der Waals surface area contributed by atoms with Gasteiger partial charge in [0.25, 0.3) is 5.91 Å². The molecule has 22 heteroatoms. The number of aromatic nitrogens is 4. The van der Waals surface area contributed by atoms with Crippen LogP contribution in [0, 0.1) is 11.6 Å². The molecule has 0 unspecified atom stereocenters. The smallest absolute Gasteiger partial charge is 0.320 e. The van der Waals surface area contributed by atoms with Gasteiger partial charge in [0.1, 0.15) is 41.8 Å². The highest BCUT2D eigenvalue weighted by Gasteiger charge is 2.25. The summed E-state index contributed by atoms with van der Waals surface area (Å²) in [6.07, 6.45) is 2.76. The summed E-state index contributed by atoms with van der Waals surface area (Å²) in [4.78, 5) is 52.6. The number of rotatable bonds is 19. The van der Waals surface area contributed by atoms with E-state index in [0.717, 1.165) is 58.0 Å². The monoisotopic (exact) mass is 1030 g/mol. The van der Waals surface area contributed by atoms with Gasteiger partial charge < -0.3 is 40.0 Å². The number of ether oxygens (including phenoxy) is 4. The number of carbonyl (C=O) groups is 2. The number of fused-ring (bicyclic) bond motifs is 2. The van der Waals surface area contributed by atoms with Gasteiger partial charge >= 0.3 is 5.97 Å². The predicted molar refractivity (Wildman–Crippen MR) is 273 cm³/mol. The summed E-state index contributed by atoms with van der Waals surface area (Å²) in [7, 11) is 3.11. The molecule has 1 amide bonds. The Hall–Kier alpha value is -6.39. The fourth-order valence-electron chi connectivity index (χ4n) is 7.99. The molecule has 2 aromatic heterocycles. The van der Waals surface area contributed by atoms with E-state index in [1.54, 1.807) is 64.5 Å². The van der Waals surface area contributed by atoms with E-state index in [2.05, 4.69) is 50.7 Å². The van der Waals surface area contributed by atoms with Crippen LogP contribution < -0.4 is 25.4 Å². The van der Waals surface area contributed by atoms with Crippen LogP contribution in [-0.4, -0.2) is 156 Å². The maximum atomic E-state index is 14.5. The van der Waals surface area contributed by atoms with Gasteiger partial charge in [-0.2, -0.15) is 0 Å². The number of amides is 1. The van der Waals surface area contributed by atoms with Crippen molar-refractivity contribution in [2.75, 3.05) is 104 Å². The van der Waals surface area contributed by atoms with Crippen LogP contribution in [0.3, 0.4) is 0 Å². The van der Waals surface area contributed by atoms with Crippen LogP contribution in [0.2, 0.25) is 10.0 Å². The minimum atomic E-state index is -0.904. The van der Waals surface area contributed by atoms with Gasteiger partial charge in [0.15, 0.2) is 11.6 Å². The summed E-state index contributed by atoms with van der Waals surface area (Å²) in [5, 5.41) is 19.9. The van der Waals surface area contributed by atoms with Crippen LogP contribution in [-0.2, 0) is 32.2 Å². The average molecular weight is 1030 g/mol. The van der Waals surface area contributed by atoms with Crippen molar-refractivity contribution in [2.45, 2.75) is 33.0 Å². The minimum Gasteiger partial charge on any atom is -0.496 e. The number of nitrogens with zero attached hydrogens (tertiary/aromatic N) is 8. The number of nitrogens with one attached hydrogen (secondary N) is 3. The number of hydrogen-bond acceptors (Lipinski definition) is 16. The summed E-state index contributed by atoms with van der Waals surface area (Å²) >= 11 is 11.8. The molecule has 2 fully saturated rings. The van der Waals surface area contributed by atoms with Crippen LogP contribution in [0.1, 0.15) is 25.0 Å². The second-order valence-electron chi connectivity index (χ2n) is 16.8. The maximum absolute atomic E-state index is 14.5. The molecule has 6 aromatic rings. The first-order chi connectivity index (χ1) is 34.8. The van der Waals surface area contributed by atoms with Crippen molar-refractivity contribution in [3.05, 3.63) is 106 Å². The number of methoxy groups -OCH3 is 2. The number of carboxylic acid groups (broad SMARTS) is 1. The largest absolute Gasteiger partial charge is 0.496 e. The number of aliphatic carboxylic acids is 1. The number of carboxylic acids is 1. The molecule has 2 saturated heterocycles. The zero-order valence-corrected chi connectivity index (χ0v) is 41.9. The molecule has 2 aliphatic rings. The minimum absolute atomic E-state index is 0.000659. The molecule has 0 radical (unpaired) electrons. The number of hydrogen-bond donors (Lipinski definition) is 4. The van der Waals surface area contributed by atoms with E-state index in [-0.39, 0.29) is 33.9 Å². The molecule has 0 spiro atoms. The number of aliphatic imine (C=N–C) groups is 1.